The predicted molar refractivity (Wildman–Crippen MR) is 86.7 cm³/mol. The fourth-order valence-corrected chi connectivity index (χ4v) is 2.86. The molecular formula is C17H21ClN2O. The van der Waals surface area contributed by atoms with Gasteiger partial charge in [-0.3, -0.25) is 0 Å². The Bertz CT molecular complexity index is 591. The highest BCUT2D eigenvalue weighted by Gasteiger charge is 2.31. The highest BCUT2D eigenvalue weighted by molar-refractivity contribution is 6.30. The molecule has 1 atom stereocenters. The zero-order chi connectivity index (χ0) is 14.8. The molecule has 1 heterocycles. The molecule has 0 spiro atoms. The maximum atomic E-state index is 6.22. The van der Waals surface area contributed by atoms with Crippen LogP contribution in [0, 0.1) is 0 Å². The van der Waals surface area contributed by atoms with Gasteiger partial charge in [0.15, 0.2) is 0 Å². The van der Waals surface area contributed by atoms with Gasteiger partial charge in [0.25, 0.3) is 0 Å². The Labute approximate surface area is 130 Å². The van der Waals surface area contributed by atoms with Gasteiger partial charge in [-0.25, -0.2) is 0 Å². The molecule has 21 heavy (non-hydrogen) atoms. The number of hydrogen-bond acceptors (Lipinski definition) is 3. The van der Waals surface area contributed by atoms with Crippen molar-refractivity contribution in [1.82, 2.24) is 0 Å². The van der Waals surface area contributed by atoms with Gasteiger partial charge in [0.05, 0.1) is 12.8 Å². The summed E-state index contributed by atoms with van der Waals surface area (Å²) in [5, 5.41) is 0.767. The Morgan fingerprint density at radius 3 is 2.81 bits per heavy atom. The van der Waals surface area contributed by atoms with Crippen LogP contribution in [0.4, 0.5) is 5.69 Å². The number of halogens is 1. The Kier molecular flexibility index (Phi) is 4.22. The lowest BCUT2D eigenvalue weighted by molar-refractivity contribution is 0.501. The smallest absolute Gasteiger partial charge is 0.123 e. The first-order chi connectivity index (χ1) is 10.1. The summed E-state index contributed by atoms with van der Waals surface area (Å²) in [6.07, 6.45) is 5.03. The number of nitrogens with zero attached hydrogens (tertiary/aromatic N) is 1. The van der Waals surface area contributed by atoms with Gasteiger partial charge in [0, 0.05) is 22.8 Å². The summed E-state index contributed by atoms with van der Waals surface area (Å²) in [6.45, 7) is 2.82. The van der Waals surface area contributed by atoms with Gasteiger partial charge in [-0.05, 0) is 56.0 Å². The molecule has 1 fully saturated rings. The molecule has 0 bridgehead atoms. The topological polar surface area (TPSA) is 42.4 Å². The number of anilines is 1. The molecule has 1 aromatic heterocycles. The summed E-state index contributed by atoms with van der Waals surface area (Å²) < 4.78 is 5.52. The van der Waals surface area contributed by atoms with Crippen LogP contribution >= 0.6 is 11.6 Å². The van der Waals surface area contributed by atoms with Crippen LogP contribution in [0.25, 0.3) is 0 Å². The third kappa shape index (κ3) is 3.60. The van der Waals surface area contributed by atoms with Crippen molar-refractivity contribution in [3.8, 4) is 0 Å². The van der Waals surface area contributed by atoms with Crippen molar-refractivity contribution in [3.63, 3.8) is 0 Å². The summed E-state index contributed by atoms with van der Waals surface area (Å²) in [6, 6.07) is 10.8. The molecule has 1 unspecified atom stereocenters. The van der Waals surface area contributed by atoms with Crippen LogP contribution in [0.1, 0.15) is 31.1 Å². The van der Waals surface area contributed by atoms with Crippen LogP contribution in [0.15, 0.2) is 41.0 Å². The van der Waals surface area contributed by atoms with Gasteiger partial charge >= 0.3 is 0 Å². The molecule has 2 aromatic rings. The van der Waals surface area contributed by atoms with Crippen LogP contribution in [-0.2, 0) is 13.0 Å². The summed E-state index contributed by atoms with van der Waals surface area (Å²) in [7, 11) is 0. The maximum absolute atomic E-state index is 6.22. The quantitative estimate of drug-likeness (QED) is 0.877. The van der Waals surface area contributed by atoms with Crippen LogP contribution in [0.3, 0.4) is 0 Å². The number of nitrogens with two attached hydrogens (primary N) is 1. The molecule has 112 valence electrons. The van der Waals surface area contributed by atoms with Crippen LogP contribution in [0.2, 0.25) is 5.02 Å². The second-order valence-corrected chi connectivity index (χ2v) is 6.33. The third-order valence-electron chi connectivity index (χ3n) is 3.79. The van der Waals surface area contributed by atoms with E-state index in [4.69, 9.17) is 21.8 Å². The van der Waals surface area contributed by atoms with Crippen molar-refractivity contribution in [2.45, 2.75) is 44.8 Å². The van der Waals surface area contributed by atoms with Crippen LogP contribution < -0.4 is 10.6 Å². The van der Waals surface area contributed by atoms with Crippen molar-refractivity contribution in [2.24, 2.45) is 5.73 Å². The van der Waals surface area contributed by atoms with E-state index >= 15 is 0 Å². The normalized spacial score (nSPS) is 16.0. The molecule has 1 aliphatic carbocycles. The zero-order valence-electron chi connectivity index (χ0n) is 12.3. The molecular weight excluding hydrogens is 284 g/mol. The van der Waals surface area contributed by atoms with E-state index in [1.54, 1.807) is 6.26 Å². The molecule has 3 nitrogen and oxygen atoms in total. The average molecular weight is 305 g/mol. The van der Waals surface area contributed by atoms with E-state index in [-0.39, 0.29) is 6.04 Å². The van der Waals surface area contributed by atoms with Gasteiger partial charge in [0.1, 0.15) is 5.76 Å². The second-order valence-electron chi connectivity index (χ2n) is 5.89. The first kappa shape index (κ1) is 14.5. The predicted octanol–water partition coefficient (Wildman–Crippen LogP) is 3.99. The third-order valence-corrected chi connectivity index (χ3v) is 4.03. The largest absolute Gasteiger partial charge is 0.467 e. The van der Waals surface area contributed by atoms with Crippen molar-refractivity contribution < 1.29 is 4.42 Å². The fourth-order valence-electron chi connectivity index (χ4n) is 2.69. The number of rotatable bonds is 6. The van der Waals surface area contributed by atoms with Crippen molar-refractivity contribution >= 4 is 17.3 Å². The lowest BCUT2D eigenvalue weighted by Gasteiger charge is -2.27. The molecule has 0 aliphatic heterocycles. The minimum atomic E-state index is 0.134. The molecule has 4 heteroatoms. The van der Waals surface area contributed by atoms with Crippen LogP contribution in [-0.4, -0.2) is 12.1 Å². The molecule has 2 N–H and O–H groups in total. The first-order valence-corrected chi connectivity index (χ1v) is 7.84. The molecule has 0 amide bonds. The van der Waals surface area contributed by atoms with Crippen molar-refractivity contribution in [3.05, 3.63) is 52.9 Å². The van der Waals surface area contributed by atoms with Crippen LogP contribution in [0.5, 0.6) is 0 Å². The summed E-state index contributed by atoms with van der Waals surface area (Å²) in [4.78, 5) is 2.41. The Morgan fingerprint density at radius 2 is 2.19 bits per heavy atom. The van der Waals surface area contributed by atoms with E-state index in [1.807, 2.05) is 25.1 Å². The van der Waals surface area contributed by atoms with E-state index in [9.17, 15) is 0 Å². The van der Waals surface area contributed by atoms with E-state index < -0.39 is 0 Å². The van der Waals surface area contributed by atoms with E-state index in [0.29, 0.717) is 6.04 Å². The van der Waals surface area contributed by atoms with Gasteiger partial charge in [-0.15, -0.1) is 0 Å². The molecule has 0 radical (unpaired) electrons. The average Bonchev–Trinajstić information content (AvgIpc) is 3.15. The Hall–Kier alpha value is -1.45. The molecule has 1 aromatic carbocycles. The van der Waals surface area contributed by atoms with Crippen molar-refractivity contribution in [2.75, 3.05) is 4.90 Å². The highest BCUT2D eigenvalue weighted by Crippen LogP contribution is 2.36. The maximum Gasteiger partial charge on any atom is 0.123 e. The zero-order valence-corrected chi connectivity index (χ0v) is 13.0. The van der Waals surface area contributed by atoms with Gasteiger partial charge in [-0.1, -0.05) is 17.7 Å². The monoisotopic (exact) mass is 304 g/mol. The lowest BCUT2D eigenvalue weighted by atomic mass is 10.0. The Balaban J connectivity index is 1.92. The van der Waals surface area contributed by atoms with Gasteiger partial charge in [-0.2, -0.15) is 0 Å². The standard InChI is InChI=1S/C17H21ClN2O/c1-12(19)9-13-4-5-14(18)10-17(13)20(15-6-7-15)11-16-3-2-8-21-16/h2-5,8,10,12,15H,6-7,9,11,19H2,1H3. The summed E-state index contributed by atoms with van der Waals surface area (Å²) in [5.74, 6) is 0.980. The van der Waals surface area contributed by atoms with E-state index in [2.05, 4.69) is 17.0 Å². The SMILES string of the molecule is CC(N)Cc1ccc(Cl)cc1N(Cc1ccco1)C1CC1. The first-order valence-electron chi connectivity index (χ1n) is 7.46. The molecule has 1 aliphatic rings. The van der Waals surface area contributed by atoms with Gasteiger partial charge < -0.3 is 15.1 Å². The molecule has 1 saturated carbocycles. The molecule has 3 rings (SSSR count). The Morgan fingerprint density at radius 1 is 1.38 bits per heavy atom. The van der Waals surface area contributed by atoms with E-state index in [1.165, 1.54) is 24.1 Å². The van der Waals surface area contributed by atoms with E-state index in [0.717, 1.165) is 23.7 Å². The minimum Gasteiger partial charge on any atom is -0.467 e. The lowest BCUT2D eigenvalue weighted by Crippen LogP contribution is -2.27. The molecule has 0 saturated heterocycles. The van der Waals surface area contributed by atoms with Crippen molar-refractivity contribution in [1.29, 1.82) is 0 Å². The number of furan rings is 1. The fraction of sp³-hybridized carbons (Fsp3) is 0.412. The number of hydrogen-bond donors (Lipinski definition) is 1. The summed E-state index contributed by atoms with van der Waals surface area (Å²) >= 11 is 6.22. The highest BCUT2D eigenvalue weighted by atomic mass is 35.5. The van der Waals surface area contributed by atoms with Gasteiger partial charge in [0.2, 0.25) is 0 Å². The number of benzene rings is 1. The minimum absolute atomic E-state index is 0.134. The summed E-state index contributed by atoms with van der Waals surface area (Å²) in [5.41, 5.74) is 8.44. The second kappa shape index (κ2) is 6.12.